The van der Waals surface area contributed by atoms with Gasteiger partial charge in [-0.25, -0.2) is 0 Å². The van der Waals surface area contributed by atoms with Crippen molar-refractivity contribution in [1.29, 1.82) is 0 Å². The van der Waals surface area contributed by atoms with Crippen molar-refractivity contribution in [2.45, 2.75) is 6.92 Å². The number of carbonyl (C=O) groups excluding carboxylic acids is 2. The van der Waals surface area contributed by atoms with Gasteiger partial charge in [-0.05, 0) is 61.6 Å². The molecule has 3 aromatic rings. The van der Waals surface area contributed by atoms with Crippen LogP contribution in [0.15, 0.2) is 60.7 Å². The van der Waals surface area contributed by atoms with Gasteiger partial charge in [-0.2, -0.15) is 0 Å². The van der Waals surface area contributed by atoms with E-state index in [2.05, 4.69) is 16.0 Å². The van der Waals surface area contributed by atoms with E-state index in [0.29, 0.717) is 34.2 Å². The zero-order valence-electron chi connectivity index (χ0n) is 19.2. The maximum Gasteiger partial charge on any atom is 0.257 e. The zero-order valence-corrected chi connectivity index (χ0v) is 20.0. The largest absolute Gasteiger partial charge is 0.493 e. The molecule has 3 rings (SSSR count). The summed E-state index contributed by atoms with van der Waals surface area (Å²) in [4.78, 5) is 25.2. The molecule has 0 aliphatic heterocycles. The third-order valence-corrected chi connectivity index (χ3v) is 5.05. The molecule has 0 unspecified atom stereocenters. The molecule has 0 heterocycles. The van der Waals surface area contributed by atoms with Crippen LogP contribution in [0.1, 0.15) is 26.3 Å². The lowest BCUT2D eigenvalue weighted by atomic mass is 10.1. The molecule has 0 aromatic heterocycles. The summed E-state index contributed by atoms with van der Waals surface area (Å²) in [6, 6.07) is 17.3. The Bertz CT molecular complexity index is 1190. The quantitative estimate of drug-likeness (QED) is 0.432. The van der Waals surface area contributed by atoms with E-state index >= 15 is 0 Å². The highest BCUT2D eigenvalue weighted by atomic mass is 32.1. The molecule has 0 spiro atoms. The number of nitrogens with one attached hydrogen (secondary N) is 3. The van der Waals surface area contributed by atoms with E-state index in [4.69, 9.17) is 26.4 Å². The summed E-state index contributed by atoms with van der Waals surface area (Å²) in [5.74, 6) is 0.397. The third-order valence-electron chi connectivity index (χ3n) is 4.85. The highest BCUT2D eigenvalue weighted by Crippen LogP contribution is 2.38. The fraction of sp³-hybridized carbons (Fsp3) is 0.160. The first-order valence-electron chi connectivity index (χ1n) is 10.2. The lowest BCUT2D eigenvalue weighted by molar-refractivity contribution is 0.0975. The summed E-state index contributed by atoms with van der Waals surface area (Å²) in [6.07, 6.45) is 0. The average molecular weight is 480 g/mol. The van der Waals surface area contributed by atoms with Crippen molar-refractivity contribution >= 4 is 40.5 Å². The molecule has 3 aromatic carbocycles. The van der Waals surface area contributed by atoms with Gasteiger partial charge < -0.3 is 24.8 Å². The van der Waals surface area contributed by atoms with E-state index in [-0.39, 0.29) is 16.6 Å². The number of carbonyl (C=O) groups is 2. The van der Waals surface area contributed by atoms with Crippen LogP contribution >= 0.6 is 12.2 Å². The Morgan fingerprint density at radius 1 is 0.735 bits per heavy atom. The first kappa shape index (κ1) is 24.5. The molecule has 0 fully saturated rings. The Morgan fingerprint density at radius 2 is 1.32 bits per heavy atom. The lowest BCUT2D eigenvalue weighted by Crippen LogP contribution is -2.34. The predicted molar refractivity (Wildman–Crippen MR) is 135 cm³/mol. The number of anilines is 2. The normalized spacial score (nSPS) is 10.1. The van der Waals surface area contributed by atoms with Crippen LogP contribution in [0.3, 0.4) is 0 Å². The Balaban J connectivity index is 1.66. The fourth-order valence-electron chi connectivity index (χ4n) is 3.13. The van der Waals surface area contributed by atoms with Gasteiger partial charge in [-0.15, -0.1) is 0 Å². The lowest BCUT2D eigenvalue weighted by Gasteiger charge is -2.15. The van der Waals surface area contributed by atoms with Crippen LogP contribution in [0.5, 0.6) is 17.2 Å². The van der Waals surface area contributed by atoms with Gasteiger partial charge in [0.2, 0.25) is 5.75 Å². The van der Waals surface area contributed by atoms with Crippen LogP contribution in [-0.2, 0) is 0 Å². The first-order valence-corrected chi connectivity index (χ1v) is 10.7. The van der Waals surface area contributed by atoms with Crippen LogP contribution < -0.4 is 30.2 Å². The minimum atomic E-state index is -0.458. The van der Waals surface area contributed by atoms with Crippen LogP contribution in [0.2, 0.25) is 0 Å². The first-order chi connectivity index (χ1) is 16.3. The van der Waals surface area contributed by atoms with E-state index in [0.717, 1.165) is 5.56 Å². The number of methoxy groups -OCH3 is 3. The van der Waals surface area contributed by atoms with Gasteiger partial charge in [0.05, 0.1) is 21.3 Å². The summed E-state index contributed by atoms with van der Waals surface area (Å²) in [6.45, 7) is 1.96. The van der Waals surface area contributed by atoms with E-state index < -0.39 is 5.91 Å². The fourth-order valence-corrected chi connectivity index (χ4v) is 3.34. The van der Waals surface area contributed by atoms with Crippen LogP contribution in [0.4, 0.5) is 11.4 Å². The molecule has 0 saturated heterocycles. The molecule has 0 aliphatic rings. The Kier molecular flexibility index (Phi) is 8.05. The Hall–Kier alpha value is -4.11. The van der Waals surface area contributed by atoms with Crippen molar-refractivity contribution in [1.82, 2.24) is 5.32 Å². The van der Waals surface area contributed by atoms with Crippen LogP contribution in [-0.4, -0.2) is 38.3 Å². The predicted octanol–water partition coefficient (Wildman–Crippen LogP) is 4.40. The molecular weight excluding hydrogens is 454 g/mol. The van der Waals surface area contributed by atoms with E-state index in [1.54, 1.807) is 36.4 Å². The van der Waals surface area contributed by atoms with Gasteiger partial charge in [0.25, 0.3) is 11.8 Å². The number of hydrogen-bond acceptors (Lipinski definition) is 6. The Labute approximate surface area is 203 Å². The van der Waals surface area contributed by atoms with Crippen LogP contribution in [0.25, 0.3) is 0 Å². The third kappa shape index (κ3) is 6.02. The second-order valence-corrected chi connectivity index (χ2v) is 7.63. The monoisotopic (exact) mass is 479 g/mol. The summed E-state index contributed by atoms with van der Waals surface area (Å²) in [5.41, 5.74) is 3.07. The minimum absolute atomic E-state index is 0.0840. The minimum Gasteiger partial charge on any atom is -0.493 e. The van der Waals surface area contributed by atoms with Crippen molar-refractivity contribution < 1.29 is 23.8 Å². The second-order valence-electron chi connectivity index (χ2n) is 7.22. The highest BCUT2D eigenvalue weighted by Gasteiger charge is 2.18. The maximum absolute atomic E-state index is 12.7. The van der Waals surface area contributed by atoms with Gasteiger partial charge in [-0.3, -0.25) is 14.9 Å². The molecule has 0 radical (unpaired) electrons. The number of aryl methyl sites for hydroxylation is 1. The number of amides is 2. The van der Waals surface area contributed by atoms with Crippen molar-refractivity contribution in [2.24, 2.45) is 0 Å². The topological polar surface area (TPSA) is 97.9 Å². The molecule has 8 nitrogen and oxygen atoms in total. The SMILES string of the molecule is COc1cc(C(=O)NC(=S)Nc2cccc(NC(=O)c3ccc(C)cc3)c2)cc(OC)c1OC. The van der Waals surface area contributed by atoms with E-state index in [9.17, 15) is 9.59 Å². The number of thiocarbonyl (C=S) groups is 1. The van der Waals surface area contributed by atoms with Crippen molar-refractivity contribution in [3.63, 3.8) is 0 Å². The summed E-state index contributed by atoms with van der Waals surface area (Å²) in [5, 5.41) is 8.49. The molecule has 34 heavy (non-hydrogen) atoms. The van der Waals surface area contributed by atoms with Crippen molar-refractivity contribution in [2.75, 3.05) is 32.0 Å². The second kappa shape index (κ2) is 11.2. The molecule has 3 N–H and O–H groups in total. The van der Waals surface area contributed by atoms with Gasteiger partial charge in [0.1, 0.15) is 0 Å². The molecule has 0 aliphatic carbocycles. The maximum atomic E-state index is 12.7. The van der Waals surface area contributed by atoms with Gasteiger partial charge in [-0.1, -0.05) is 23.8 Å². The highest BCUT2D eigenvalue weighted by molar-refractivity contribution is 7.80. The number of ether oxygens (including phenoxy) is 3. The van der Waals surface area contributed by atoms with Gasteiger partial charge in [0.15, 0.2) is 16.6 Å². The zero-order chi connectivity index (χ0) is 24.7. The smallest absolute Gasteiger partial charge is 0.257 e. The van der Waals surface area contributed by atoms with Crippen molar-refractivity contribution in [3.8, 4) is 17.2 Å². The van der Waals surface area contributed by atoms with Crippen molar-refractivity contribution in [3.05, 3.63) is 77.4 Å². The molecule has 0 bridgehead atoms. The standard InChI is InChI=1S/C25H25N3O5S/c1-15-8-10-16(11-9-15)23(29)26-18-6-5-7-19(14-18)27-25(34)28-24(30)17-12-20(31-2)22(33-4)21(13-17)32-3/h5-14H,1-4H3,(H,26,29)(H2,27,28,30,34). The summed E-state index contributed by atoms with van der Waals surface area (Å²) in [7, 11) is 4.42. The molecular formula is C25H25N3O5S. The number of rotatable bonds is 7. The molecule has 9 heteroatoms. The average Bonchev–Trinajstić information content (AvgIpc) is 2.83. The number of hydrogen-bond donors (Lipinski definition) is 3. The molecule has 0 atom stereocenters. The van der Waals surface area contributed by atoms with E-state index in [1.165, 1.54) is 33.5 Å². The summed E-state index contributed by atoms with van der Waals surface area (Å²) < 4.78 is 15.8. The van der Waals surface area contributed by atoms with E-state index in [1.807, 2.05) is 19.1 Å². The van der Waals surface area contributed by atoms with Gasteiger partial charge >= 0.3 is 0 Å². The Morgan fingerprint density at radius 3 is 1.88 bits per heavy atom. The van der Waals surface area contributed by atoms with Crippen LogP contribution in [0, 0.1) is 6.92 Å². The van der Waals surface area contributed by atoms with Gasteiger partial charge in [0, 0.05) is 22.5 Å². The molecule has 0 saturated carbocycles. The molecule has 2 amide bonds. The molecule has 176 valence electrons. The summed E-state index contributed by atoms with van der Waals surface area (Å²) >= 11 is 5.29. The number of benzene rings is 3.